The van der Waals surface area contributed by atoms with Crippen molar-refractivity contribution in [2.45, 2.75) is 45.6 Å². The lowest BCUT2D eigenvalue weighted by atomic mass is 9.75. The zero-order chi connectivity index (χ0) is 25.1. The Kier molecular flexibility index (Phi) is 7.87. The minimum atomic E-state index is -0.529. The van der Waals surface area contributed by atoms with Gasteiger partial charge in [0.25, 0.3) is 0 Å². The molecule has 0 aromatic heterocycles. The summed E-state index contributed by atoms with van der Waals surface area (Å²) in [7, 11) is 1.59. The lowest BCUT2D eigenvalue weighted by molar-refractivity contribution is -0.138. The van der Waals surface area contributed by atoms with Crippen LogP contribution in [0, 0.1) is 0 Å². The number of allylic oxidation sites excluding steroid dienone is 3. The molecule has 2 aromatic rings. The van der Waals surface area contributed by atoms with Crippen LogP contribution >= 0.6 is 27.5 Å². The molecular formula is C27H27BrClNO5. The Hall–Kier alpha value is -2.77. The SMILES string of the molecule is CCOC(=O)C1=C(C)NC2=C(C(=O)CCC2)C1c1ccc(OC)c(COc2ccc(Br)cc2Cl)c1. The van der Waals surface area contributed by atoms with Crippen molar-refractivity contribution in [1.29, 1.82) is 0 Å². The van der Waals surface area contributed by atoms with Gasteiger partial charge >= 0.3 is 5.97 Å². The highest BCUT2D eigenvalue weighted by molar-refractivity contribution is 9.10. The minimum absolute atomic E-state index is 0.0494. The Morgan fingerprint density at radius 3 is 2.66 bits per heavy atom. The van der Waals surface area contributed by atoms with E-state index in [4.69, 9.17) is 25.8 Å². The number of nitrogens with one attached hydrogen (secondary N) is 1. The number of carbonyl (C=O) groups excluding carboxylic acids is 2. The first kappa shape index (κ1) is 25.3. The van der Waals surface area contributed by atoms with Crippen LogP contribution in [0.4, 0.5) is 0 Å². The number of esters is 1. The van der Waals surface area contributed by atoms with E-state index in [1.165, 1.54) is 0 Å². The fourth-order valence-electron chi connectivity index (χ4n) is 4.63. The lowest BCUT2D eigenvalue weighted by Crippen LogP contribution is -2.34. The van der Waals surface area contributed by atoms with Crippen LogP contribution in [-0.4, -0.2) is 25.5 Å². The molecule has 0 radical (unpaired) electrons. The highest BCUT2D eigenvalue weighted by Crippen LogP contribution is 2.43. The molecule has 0 fully saturated rings. The van der Waals surface area contributed by atoms with E-state index in [1.54, 1.807) is 26.2 Å². The molecule has 0 amide bonds. The summed E-state index contributed by atoms with van der Waals surface area (Å²) in [4.78, 5) is 26.1. The second-order valence-electron chi connectivity index (χ2n) is 8.42. The Bertz CT molecular complexity index is 1240. The average molecular weight is 561 g/mol. The molecule has 184 valence electrons. The first-order chi connectivity index (χ1) is 16.8. The van der Waals surface area contributed by atoms with Crippen molar-refractivity contribution in [3.8, 4) is 11.5 Å². The summed E-state index contributed by atoms with van der Waals surface area (Å²) in [6.07, 6.45) is 2.01. The van der Waals surface area contributed by atoms with Crippen molar-refractivity contribution in [2.75, 3.05) is 13.7 Å². The number of ether oxygens (including phenoxy) is 3. The number of hydrogen-bond acceptors (Lipinski definition) is 6. The van der Waals surface area contributed by atoms with E-state index < -0.39 is 11.9 Å². The van der Waals surface area contributed by atoms with Crippen LogP contribution in [0.15, 0.2) is 63.4 Å². The molecule has 35 heavy (non-hydrogen) atoms. The third kappa shape index (κ3) is 5.26. The van der Waals surface area contributed by atoms with E-state index in [2.05, 4.69) is 21.2 Å². The van der Waals surface area contributed by atoms with E-state index in [9.17, 15) is 9.59 Å². The van der Waals surface area contributed by atoms with Gasteiger partial charge in [0.2, 0.25) is 0 Å². The topological polar surface area (TPSA) is 73.9 Å². The van der Waals surface area contributed by atoms with Gasteiger partial charge in [0, 0.05) is 39.3 Å². The smallest absolute Gasteiger partial charge is 0.336 e. The molecule has 8 heteroatoms. The van der Waals surface area contributed by atoms with E-state index in [0.29, 0.717) is 39.8 Å². The molecule has 1 heterocycles. The molecule has 0 saturated heterocycles. The number of benzene rings is 2. The lowest BCUT2D eigenvalue weighted by Gasteiger charge is -2.34. The van der Waals surface area contributed by atoms with Gasteiger partial charge in [-0.1, -0.05) is 33.6 Å². The molecule has 0 bridgehead atoms. The van der Waals surface area contributed by atoms with Gasteiger partial charge in [0.1, 0.15) is 18.1 Å². The maximum atomic E-state index is 13.1. The van der Waals surface area contributed by atoms with Crippen molar-refractivity contribution in [2.24, 2.45) is 0 Å². The fourth-order valence-corrected chi connectivity index (χ4v) is 5.36. The quantitative estimate of drug-likeness (QED) is 0.405. The number of hydrogen-bond donors (Lipinski definition) is 1. The number of methoxy groups -OCH3 is 1. The van der Waals surface area contributed by atoms with Crippen molar-refractivity contribution in [1.82, 2.24) is 5.32 Å². The summed E-state index contributed by atoms with van der Waals surface area (Å²) < 4.78 is 17.8. The largest absolute Gasteiger partial charge is 0.496 e. The Balaban J connectivity index is 1.76. The van der Waals surface area contributed by atoms with Gasteiger partial charge in [-0.3, -0.25) is 4.79 Å². The normalized spacial score (nSPS) is 17.6. The molecule has 2 aliphatic rings. The first-order valence-electron chi connectivity index (χ1n) is 11.5. The molecule has 1 atom stereocenters. The summed E-state index contributed by atoms with van der Waals surface area (Å²) in [5.74, 6) is 0.271. The predicted molar refractivity (Wildman–Crippen MR) is 138 cm³/mol. The molecule has 2 aromatic carbocycles. The standard InChI is InChI=1S/C27H27BrClNO5/c1-4-34-27(32)24-15(2)30-20-6-5-7-21(31)26(20)25(24)16-8-10-22(33-3)17(12-16)14-35-23-11-9-18(28)13-19(23)29/h8-13,25,30H,4-7,14H2,1-3H3. The second-order valence-corrected chi connectivity index (χ2v) is 9.74. The van der Waals surface area contributed by atoms with E-state index >= 15 is 0 Å². The minimum Gasteiger partial charge on any atom is -0.496 e. The van der Waals surface area contributed by atoms with Crippen LogP contribution in [0.1, 0.15) is 50.2 Å². The summed E-state index contributed by atoms with van der Waals surface area (Å²) in [5.41, 5.74) is 4.25. The molecule has 0 saturated carbocycles. The number of halogens is 2. The van der Waals surface area contributed by atoms with Gasteiger partial charge in [0.05, 0.1) is 24.3 Å². The number of ketones is 1. The monoisotopic (exact) mass is 559 g/mol. The van der Waals surface area contributed by atoms with Crippen molar-refractivity contribution in [3.63, 3.8) is 0 Å². The van der Waals surface area contributed by atoms with Gasteiger partial charge in [-0.15, -0.1) is 0 Å². The number of rotatable bonds is 7. The molecule has 1 N–H and O–H groups in total. The highest BCUT2D eigenvalue weighted by Gasteiger charge is 2.39. The van der Waals surface area contributed by atoms with Crippen LogP contribution in [0.2, 0.25) is 5.02 Å². The summed E-state index contributed by atoms with van der Waals surface area (Å²) in [6, 6.07) is 11.1. The Morgan fingerprint density at radius 1 is 1.17 bits per heavy atom. The average Bonchev–Trinajstić information content (AvgIpc) is 2.82. The molecular weight excluding hydrogens is 534 g/mol. The molecule has 1 aliphatic heterocycles. The number of carbonyl (C=O) groups is 2. The fraction of sp³-hybridized carbons (Fsp3) is 0.333. The van der Waals surface area contributed by atoms with Gasteiger partial charge < -0.3 is 19.5 Å². The van der Waals surface area contributed by atoms with E-state index in [1.807, 2.05) is 31.2 Å². The van der Waals surface area contributed by atoms with Crippen LogP contribution in [0.25, 0.3) is 0 Å². The third-order valence-corrected chi connectivity index (χ3v) is 6.97. The molecule has 4 rings (SSSR count). The van der Waals surface area contributed by atoms with Crippen LogP contribution in [-0.2, 0) is 20.9 Å². The van der Waals surface area contributed by atoms with Crippen molar-refractivity contribution >= 4 is 39.3 Å². The zero-order valence-corrected chi connectivity index (χ0v) is 22.2. The van der Waals surface area contributed by atoms with E-state index in [0.717, 1.165) is 34.1 Å². The third-order valence-electron chi connectivity index (χ3n) is 6.19. The van der Waals surface area contributed by atoms with Crippen LogP contribution < -0.4 is 14.8 Å². The van der Waals surface area contributed by atoms with Crippen molar-refractivity contribution in [3.05, 3.63) is 79.6 Å². The molecule has 6 nitrogen and oxygen atoms in total. The van der Waals surface area contributed by atoms with Gasteiger partial charge in [0.15, 0.2) is 5.78 Å². The van der Waals surface area contributed by atoms with Gasteiger partial charge in [-0.05, 0) is 62.6 Å². The van der Waals surface area contributed by atoms with Gasteiger partial charge in [-0.2, -0.15) is 0 Å². The Labute approximate surface area is 218 Å². The maximum absolute atomic E-state index is 13.1. The van der Waals surface area contributed by atoms with Crippen LogP contribution in [0.5, 0.6) is 11.5 Å². The maximum Gasteiger partial charge on any atom is 0.336 e. The highest BCUT2D eigenvalue weighted by atomic mass is 79.9. The second kappa shape index (κ2) is 10.9. The van der Waals surface area contributed by atoms with Crippen LogP contribution in [0.3, 0.4) is 0 Å². The molecule has 0 spiro atoms. The van der Waals surface area contributed by atoms with E-state index in [-0.39, 0.29) is 19.0 Å². The first-order valence-corrected chi connectivity index (χ1v) is 12.7. The molecule has 1 unspecified atom stereocenters. The molecule has 1 aliphatic carbocycles. The Morgan fingerprint density at radius 2 is 1.94 bits per heavy atom. The van der Waals surface area contributed by atoms with Gasteiger partial charge in [-0.25, -0.2) is 4.79 Å². The number of dihydropyridines is 1. The zero-order valence-electron chi connectivity index (χ0n) is 19.9. The summed E-state index contributed by atoms with van der Waals surface area (Å²) in [5, 5.41) is 3.79. The number of Topliss-reactive ketones (excluding diaryl/α,β-unsaturated/α-hetero) is 1. The summed E-state index contributed by atoms with van der Waals surface area (Å²) in [6.45, 7) is 4.06. The predicted octanol–water partition coefficient (Wildman–Crippen LogP) is 6.22. The summed E-state index contributed by atoms with van der Waals surface area (Å²) >= 11 is 9.72. The van der Waals surface area contributed by atoms with Crippen molar-refractivity contribution < 1.29 is 23.8 Å².